The van der Waals surface area contributed by atoms with Crippen molar-refractivity contribution in [2.75, 3.05) is 18.8 Å². The number of aromatic nitrogens is 3. The number of nitrogens with two attached hydrogens (primary N) is 1. The van der Waals surface area contributed by atoms with Crippen LogP contribution in [0, 0.1) is 6.92 Å². The molecule has 1 unspecified atom stereocenters. The van der Waals surface area contributed by atoms with Crippen LogP contribution in [0.3, 0.4) is 0 Å². The molecule has 0 amide bonds. The SMILES string of the molecule is CC.Cc1ccccc1C1([N-]N2CCC3(CCn4nc(-c5cnc(N)c(C(F)(F)F)c5)cc43)C2)CCC1.[Y]. The third-order valence-electron chi connectivity index (χ3n) is 8.14. The minimum Gasteiger partial charge on any atom is -0.585 e. The molecular weight excluding hydrogens is 566 g/mol. The van der Waals surface area contributed by atoms with Crippen LogP contribution in [0.2, 0.25) is 0 Å². The van der Waals surface area contributed by atoms with E-state index in [2.05, 4.69) is 46.3 Å². The number of nitrogens with zero attached hydrogens (tertiary/aromatic N) is 5. The first-order valence-corrected chi connectivity index (χ1v) is 13.1. The fourth-order valence-electron chi connectivity index (χ4n) is 6.10. The summed E-state index contributed by atoms with van der Waals surface area (Å²) in [5.74, 6) is -0.518. The van der Waals surface area contributed by atoms with Crippen molar-refractivity contribution in [1.29, 1.82) is 0 Å². The summed E-state index contributed by atoms with van der Waals surface area (Å²) in [5, 5.41) is 6.87. The summed E-state index contributed by atoms with van der Waals surface area (Å²) in [6.45, 7) is 8.58. The summed E-state index contributed by atoms with van der Waals surface area (Å²) in [5.41, 5.74) is 14.2. The predicted octanol–water partition coefficient (Wildman–Crippen LogP) is 6.59. The Kier molecular flexibility index (Phi) is 8.44. The molecule has 4 heterocycles. The molecule has 3 aromatic rings. The Labute approximate surface area is 247 Å². The van der Waals surface area contributed by atoms with Crippen LogP contribution in [-0.4, -0.2) is 32.9 Å². The number of hydrogen-bond acceptors (Lipinski definition) is 4. The average Bonchev–Trinajstić information content (AvgIpc) is 3.55. The monoisotopic (exact) mass is 600 g/mol. The number of rotatable bonds is 4. The van der Waals surface area contributed by atoms with Crippen LogP contribution in [0.1, 0.15) is 68.3 Å². The number of aryl methyl sites for hydroxylation is 2. The fraction of sp³-hybridized carbons (Fsp3) is 0.500. The molecule has 1 radical (unpaired) electrons. The molecule has 2 N–H and O–H groups in total. The van der Waals surface area contributed by atoms with E-state index >= 15 is 0 Å². The Morgan fingerprint density at radius 1 is 1.03 bits per heavy atom. The number of halogens is 3. The van der Waals surface area contributed by atoms with Gasteiger partial charge in [-0.25, -0.2) is 4.98 Å². The van der Waals surface area contributed by atoms with Crippen LogP contribution < -0.4 is 5.73 Å². The number of pyridine rings is 1. The van der Waals surface area contributed by atoms with Crippen molar-refractivity contribution >= 4 is 5.82 Å². The number of fused-ring (bicyclic) bond motifs is 2. The van der Waals surface area contributed by atoms with Gasteiger partial charge in [0.2, 0.25) is 0 Å². The van der Waals surface area contributed by atoms with Crippen molar-refractivity contribution in [1.82, 2.24) is 19.8 Å². The normalized spacial score (nSPS) is 21.8. The quantitative estimate of drug-likeness (QED) is 0.367. The van der Waals surface area contributed by atoms with Gasteiger partial charge in [0.1, 0.15) is 5.82 Å². The third-order valence-corrected chi connectivity index (χ3v) is 8.14. The van der Waals surface area contributed by atoms with Gasteiger partial charge in [-0.05, 0) is 50.6 Å². The van der Waals surface area contributed by atoms with Crippen molar-refractivity contribution in [2.45, 2.75) is 76.6 Å². The van der Waals surface area contributed by atoms with Gasteiger partial charge in [0, 0.05) is 62.1 Å². The molecule has 2 fully saturated rings. The Hall–Kier alpha value is -1.81. The van der Waals surface area contributed by atoms with E-state index in [9.17, 15) is 13.2 Å². The van der Waals surface area contributed by atoms with Crippen LogP contribution in [0.25, 0.3) is 16.7 Å². The first kappa shape index (κ1) is 29.2. The summed E-state index contributed by atoms with van der Waals surface area (Å²) in [6.07, 6.45) is 2.05. The number of alkyl halides is 3. The summed E-state index contributed by atoms with van der Waals surface area (Å²) >= 11 is 0. The van der Waals surface area contributed by atoms with Gasteiger partial charge in [-0.3, -0.25) is 4.68 Å². The van der Waals surface area contributed by atoms with E-state index in [1.165, 1.54) is 23.7 Å². The van der Waals surface area contributed by atoms with Crippen LogP contribution >= 0.6 is 0 Å². The maximum absolute atomic E-state index is 13.3. The topological polar surface area (TPSA) is 74.1 Å². The van der Waals surface area contributed by atoms with Crippen molar-refractivity contribution < 1.29 is 45.9 Å². The minimum absolute atomic E-state index is 0. The van der Waals surface area contributed by atoms with E-state index < -0.39 is 17.6 Å². The summed E-state index contributed by atoms with van der Waals surface area (Å²) < 4.78 is 42.0. The standard InChI is InChI=1S/C26H28F3N6.C2H6.Y/c1-17-5-2-3-6-19(17)25(7-4-8-25)33-34-11-9-24(16-34)10-12-35-22(24)14-21(32-35)18-13-20(26(27,28)29)23(30)31-15-18;1-2;/h2-3,5-6,13-15H,4,7-12,16H2,1H3,(H2,30,31);1-2H3;/q-1;;. The Balaban J connectivity index is 0.00000110. The van der Waals surface area contributed by atoms with Gasteiger partial charge in [-0.15, -0.1) is 0 Å². The first-order valence-electron chi connectivity index (χ1n) is 13.1. The van der Waals surface area contributed by atoms with Crippen molar-refractivity contribution in [3.63, 3.8) is 0 Å². The molecule has 1 aliphatic carbocycles. The molecule has 3 aliphatic rings. The Morgan fingerprint density at radius 2 is 1.74 bits per heavy atom. The van der Waals surface area contributed by atoms with Crippen molar-refractivity contribution in [3.8, 4) is 11.3 Å². The smallest absolute Gasteiger partial charge is 0.419 e. The van der Waals surface area contributed by atoms with Crippen LogP contribution in [0.5, 0.6) is 0 Å². The van der Waals surface area contributed by atoms with Gasteiger partial charge in [-0.1, -0.05) is 68.5 Å². The number of anilines is 1. The molecule has 1 atom stereocenters. The Bertz CT molecular complexity index is 1290. The average molecular weight is 601 g/mol. The van der Waals surface area contributed by atoms with Gasteiger partial charge in [0.05, 0.1) is 11.3 Å². The molecule has 1 saturated heterocycles. The number of nitrogen functional groups attached to an aromatic ring is 1. The van der Waals surface area contributed by atoms with E-state index in [1.807, 2.05) is 24.6 Å². The largest absolute Gasteiger partial charge is 0.585 e. The number of benzene rings is 1. The van der Waals surface area contributed by atoms with Gasteiger partial charge < -0.3 is 16.2 Å². The zero-order valence-corrected chi connectivity index (χ0v) is 25.1. The van der Waals surface area contributed by atoms with Gasteiger partial charge in [0.25, 0.3) is 0 Å². The first-order chi connectivity index (χ1) is 17.7. The molecule has 201 valence electrons. The van der Waals surface area contributed by atoms with Crippen molar-refractivity contribution in [3.05, 3.63) is 70.4 Å². The van der Waals surface area contributed by atoms with Gasteiger partial charge in [0.15, 0.2) is 0 Å². The van der Waals surface area contributed by atoms with Crippen LogP contribution in [0.4, 0.5) is 19.0 Å². The fourth-order valence-corrected chi connectivity index (χ4v) is 6.10. The second-order valence-electron chi connectivity index (χ2n) is 10.3. The van der Waals surface area contributed by atoms with Gasteiger partial charge in [-0.2, -0.15) is 18.3 Å². The van der Waals surface area contributed by atoms with E-state index in [0.29, 0.717) is 11.3 Å². The maximum atomic E-state index is 13.3. The maximum Gasteiger partial charge on any atom is 0.419 e. The summed E-state index contributed by atoms with van der Waals surface area (Å²) in [4.78, 5) is 3.78. The molecule has 2 aromatic heterocycles. The Morgan fingerprint density at radius 3 is 2.39 bits per heavy atom. The predicted molar refractivity (Wildman–Crippen MR) is 139 cm³/mol. The second kappa shape index (κ2) is 11.0. The zero-order chi connectivity index (χ0) is 26.4. The molecule has 1 saturated carbocycles. The van der Waals surface area contributed by atoms with E-state index in [4.69, 9.17) is 11.2 Å². The third kappa shape index (κ3) is 5.07. The summed E-state index contributed by atoms with van der Waals surface area (Å²) in [6, 6.07) is 11.5. The van der Waals surface area contributed by atoms with Crippen LogP contribution in [0.15, 0.2) is 42.6 Å². The van der Waals surface area contributed by atoms with E-state index in [-0.39, 0.29) is 43.7 Å². The molecule has 10 heteroatoms. The second-order valence-corrected chi connectivity index (χ2v) is 10.3. The zero-order valence-electron chi connectivity index (χ0n) is 22.2. The van der Waals surface area contributed by atoms with E-state index in [1.54, 1.807) is 0 Å². The molecule has 1 aromatic carbocycles. The van der Waals surface area contributed by atoms with Gasteiger partial charge >= 0.3 is 6.18 Å². The van der Waals surface area contributed by atoms with Crippen molar-refractivity contribution in [2.24, 2.45) is 0 Å². The molecule has 6 rings (SSSR count). The molecule has 6 nitrogen and oxygen atoms in total. The summed E-state index contributed by atoms with van der Waals surface area (Å²) in [7, 11) is 0. The molecule has 38 heavy (non-hydrogen) atoms. The number of hydrogen-bond donors (Lipinski definition) is 1. The molecular formula is C28H34F3N6Y-. The van der Waals surface area contributed by atoms with E-state index in [0.717, 1.165) is 57.1 Å². The van der Waals surface area contributed by atoms with Crippen LogP contribution in [-0.2, 0) is 56.4 Å². The molecule has 1 spiro atoms. The molecule has 2 aliphatic heterocycles. The minimum atomic E-state index is -4.56. The molecule has 0 bridgehead atoms.